The Hall–Kier alpha value is -2.25. The van der Waals surface area contributed by atoms with Crippen LogP contribution < -0.4 is 5.56 Å². The standard InChI is InChI=1S/C17H22N4O3/c1-2-21-16(23)14-6-4-3-5-13(14)15(18-21)17(24)20-9-7-19(8-10-20)11-12-22/h3-6,22H,2,7-12H2,1H3. The fourth-order valence-corrected chi connectivity index (χ4v) is 3.07. The van der Waals surface area contributed by atoms with Crippen LogP contribution in [0.2, 0.25) is 0 Å². The molecule has 1 aliphatic rings. The first kappa shape index (κ1) is 16.6. The molecule has 0 atom stereocenters. The predicted molar refractivity (Wildman–Crippen MR) is 91.1 cm³/mol. The SMILES string of the molecule is CCn1nc(C(=O)N2CCN(CCO)CC2)c2ccccc2c1=O. The third kappa shape index (κ3) is 3.05. The maximum atomic E-state index is 12.9. The van der Waals surface area contributed by atoms with E-state index in [4.69, 9.17) is 5.11 Å². The molecule has 7 heteroatoms. The molecule has 0 radical (unpaired) electrons. The maximum absolute atomic E-state index is 12.9. The highest BCUT2D eigenvalue weighted by atomic mass is 16.3. The van der Waals surface area contributed by atoms with Crippen LogP contribution in [0.1, 0.15) is 17.4 Å². The van der Waals surface area contributed by atoms with E-state index in [0.29, 0.717) is 42.6 Å². The third-order valence-corrected chi connectivity index (χ3v) is 4.45. The highest BCUT2D eigenvalue weighted by molar-refractivity contribution is 6.04. The Kier molecular flexibility index (Phi) is 4.92. The minimum atomic E-state index is -0.169. The molecule has 1 saturated heterocycles. The van der Waals surface area contributed by atoms with E-state index >= 15 is 0 Å². The predicted octanol–water partition coefficient (Wildman–Crippen LogP) is 0.167. The topological polar surface area (TPSA) is 78.7 Å². The minimum Gasteiger partial charge on any atom is -0.395 e. The highest BCUT2D eigenvalue weighted by Crippen LogP contribution is 2.16. The van der Waals surface area contributed by atoms with E-state index in [1.165, 1.54) is 4.68 Å². The minimum absolute atomic E-state index is 0.127. The van der Waals surface area contributed by atoms with Gasteiger partial charge < -0.3 is 10.0 Å². The summed E-state index contributed by atoms with van der Waals surface area (Å²) in [7, 11) is 0. The van der Waals surface area contributed by atoms with Crippen LogP contribution in [0.4, 0.5) is 0 Å². The average molecular weight is 330 g/mol. The van der Waals surface area contributed by atoms with E-state index in [1.54, 1.807) is 23.1 Å². The van der Waals surface area contributed by atoms with Gasteiger partial charge in [0.2, 0.25) is 0 Å². The van der Waals surface area contributed by atoms with Crippen LogP contribution in [0.3, 0.4) is 0 Å². The van der Waals surface area contributed by atoms with Gasteiger partial charge in [0, 0.05) is 44.7 Å². The lowest BCUT2D eigenvalue weighted by Gasteiger charge is -2.34. The van der Waals surface area contributed by atoms with Crippen LogP contribution in [0, 0.1) is 0 Å². The van der Waals surface area contributed by atoms with Crippen molar-refractivity contribution in [1.82, 2.24) is 19.6 Å². The van der Waals surface area contributed by atoms with Crippen LogP contribution in [0.25, 0.3) is 10.8 Å². The van der Waals surface area contributed by atoms with Gasteiger partial charge in [-0.15, -0.1) is 0 Å². The molecule has 0 aliphatic carbocycles. The van der Waals surface area contributed by atoms with Gasteiger partial charge in [0.15, 0.2) is 5.69 Å². The number of carbonyl (C=O) groups excluding carboxylic acids is 1. The molecule has 1 fully saturated rings. The molecule has 0 unspecified atom stereocenters. The molecular formula is C17H22N4O3. The number of fused-ring (bicyclic) bond motifs is 1. The van der Waals surface area contributed by atoms with Crippen molar-refractivity contribution < 1.29 is 9.90 Å². The largest absolute Gasteiger partial charge is 0.395 e. The highest BCUT2D eigenvalue weighted by Gasteiger charge is 2.25. The third-order valence-electron chi connectivity index (χ3n) is 4.45. The van der Waals surface area contributed by atoms with E-state index in [1.807, 2.05) is 13.0 Å². The quantitative estimate of drug-likeness (QED) is 0.864. The number of piperazine rings is 1. The summed E-state index contributed by atoms with van der Waals surface area (Å²) in [6.45, 7) is 5.68. The summed E-state index contributed by atoms with van der Waals surface area (Å²) in [5.74, 6) is -0.142. The second-order valence-corrected chi connectivity index (χ2v) is 5.87. The number of aromatic nitrogens is 2. The summed E-state index contributed by atoms with van der Waals surface area (Å²) in [4.78, 5) is 29.2. The van der Waals surface area contributed by atoms with Crippen molar-refractivity contribution in [3.05, 3.63) is 40.3 Å². The molecule has 1 N–H and O–H groups in total. The number of carbonyl (C=O) groups is 1. The first-order valence-corrected chi connectivity index (χ1v) is 8.28. The molecule has 24 heavy (non-hydrogen) atoms. The Morgan fingerprint density at radius 3 is 2.46 bits per heavy atom. The normalized spacial score (nSPS) is 15.8. The number of β-amino-alcohol motifs (C(OH)–C–C–N with tert-alkyl or cyclic N) is 1. The molecule has 3 rings (SSSR count). The van der Waals surface area contributed by atoms with Gasteiger partial charge in [-0.3, -0.25) is 14.5 Å². The maximum Gasteiger partial charge on any atom is 0.275 e. The summed E-state index contributed by atoms with van der Waals surface area (Å²) in [6.07, 6.45) is 0. The Balaban J connectivity index is 1.93. The number of hydrogen-bond donors (Lipinski definition) is 1. The van der Waals surface area contributed by atoms with Gasteiger partial charge in [-0.05, 0) is 13.0 Å². The zero-order valence-electron chi connectivity index (χ0n) is 13.8. The molecular weight excluding hydrogens is 308 g/mol. The van der Waals surface area contributed by atoms with Crippen molar-refractivity contribution >= 4 is 16.7 Å². The van der Waals surface area contributed by atoms with E-state index < -0.39 is 0 Å². The Bertz CT molecular complexity index is 794. The van der Waals surface area contributed by atoms with Crippen LogP contribution in [0.5, 0.6) is 0 Å². The van der Waals surface area contributed by atoms with Gasteiger partial charge in [-0.1, -0.05) is 18.2 Å². The zero-order chi connectivity index (χ0) is 17.1. The lowest BCUT2D eigenvalue weighted by atomic mass is 10.1. The summed E-state index contributed by atoms with van der Waals surface area (Å²) in [5, 5.41) is 14.4. The van der Waals surface area contributed by atoms with Crippen LogP contribution in [-0.4, -0.2) is 69.9 Å². The first-order chi connectivity index (χ1) is 11.7. The molecule has 1 amide bonds. The number of aliphatic hydroxyl groups excluding tert-OH is 1. The van der Waals surface area contributed by atoms with Gasteiger partial charge in [0.05, 0.1) is 12.0 Å². The number of aliphatic hydroxyl groups is 1. The first-order valence-electron chi connectivity index (χ1n) is 8.28. The van der Waals surface area contributed by atoms with E-state index in [9.17, 15) is 9.59 Å². The van der Waals surface area contributed by atoms with Crippen molar-refractivity contribution in [2.24, 2.45) is 0 Å². The summed E-state index contributed by atoms with van der Waals surface area (Å²) in [6, 6.07) is 7.13. The monoisotopic (exact) mass is 330 g/mol. The Morgan fingerprint density at radius 2 is 1.83 bits per heavy atom. The molecule has 0 saturated carbocycles. The van der Waals surface area contributed by atoms with Gasteiger partial charge >= 0.3 is 0 Å². The van der Waals surface area contributed by atoms with Crippen molar-refractivity contribution in [3.63, 3.8) is 0 Å². The number of aryl methyl sites for hydroxylation is 1. The summed E-state index contributed by atoms with van der Waals surface area (Å²) >= 11 is 0. The Labute approximate surface area is 140 Å². The van der Waals surface area contributed by atoms with Crippen molar-refractivity contribution in [1.29, 1.82) is 0 Å². The molecule has 128 valence electrons. The fourth-order valence-electron chi connectivity index (χ4n) is 3.07. The van der Waals surface area contributed by atoms with Gasteiger partial charge in [0.1, 0.15) is 0 Å². The van der Waals surface area contributed by atoms with Gasteiger partial charge in [-0.2, -0.15) is 5.10 Å². The molecule has 2 aromatic rings. The van der Waals surface area contributed by atoms with Crippen LogP contribution in [-0.2, 0) is 6.54 Å². The van der Waals surface area contributed by atoms with Gasteiger partial charge in [0.25, 0.3) is 11.5 Å². The number of hydrogen-bond acceptors (Lipinski definition) is 5. The Morgan fingerprint density at radius 1 is 1.17 bits per heavy atom. The summed E-state index contributed by atoms with van der Waals surface area (Å²) < 4.78 is 1.34. The molecule has 7 nitrogen and oxygen atoms in total. The fraction of sp³-hybridized carbons (Fsp3) is 0.471. The van der Waals surface area contributed by atoms with Crippen LogP contribution in [0.15, 0.2) is 29.1 Å². The molecule has 1 aliphatic heterocycles. The van der Waals surface area contributed by atoms with Crippen LogP contribution >= 0.6 is 0 Å². The molecule has 2 heterocycles. The lowest BCUT2D eigenvalue weighted by Crippen LogP contribution is -2.49. The van der Waals surface area contributed by atoms with E-state index in [0.717, 1.165) is 13.1 Å². The number of rotatable bonds is 4. The van der Waals surface area contributed by atoms with Crippen molar-refractivity contribution in [2.45, 2.75) is 13.5 Å². The van der Waals surface area contributed by atoms with Crippen molar-refractivity contribution in [2.75, 3.05) is 39.3 Å². The summed E-state index contributed by atoms with van der Waals surface area (Å²) in [5.41, 5.74) is 0.167. The lowest BCUT2D eigenvalue weighted by molar-refractivity contribution is 0.0609. The number of nitrogens with zero attached hydrogens (tertiary/aromatic N) is 4. The van der Waals surface area contributed by atoms with E-state index in [-0.39, 0.29) is 18.1 Å². The van der Waals surface area contributed by atoms with E-state index in [2.05, 4.69) is 10.00 Å². The molecule has 1 aromatic carbocycles. The molecule has 0 bridgehead atoms. The molecule has 1 aromatic heterocycles. The smallest absolute Gasteiger partial charge is 0.275 e. The van der Waals surface area contributed by atoms with Crippen molar-refractivity contribution in [3.8, 4) is 0 Å². The zero-order valence-corrected chi connectivity index (χ0v) is 13.8. The van der Waals surface area contributed by atoms with Gasteiger partial charge in [-0.25, -0.2) is 4.68 Å². The average Bonchev–Trinajstić information content (AvgIpc) is 2.63. The number of benzene rings is 1. The second-order valence-electron chi connectivity index (χ2n) is 5.87. The second kappa shape index (κ2) is 7.11. The molecule has 0 spiro atoms. The number of amides is 1.